The molecule has 0 aliphatic rings. The summed E-state index contributed by atoms with van der Waals surface area (Å²) < 4.78 is 4.83. The molecule has 0 aliphatic carbocycles. The molecule has 0 atom stereocenters. The van der Waals surface area contributed by atoms with Crippen LogP contribution in [0.1, 0.15) is 13.8 Å². The smallest absolute Gasteiger partial charge is 0.382 e. The van der Waals surface area contributed by atoms with E-state index in [1.54, 1.807) is 0 Å². The Morgan fingerprint density at radius 1 is 1.11 bits per heavy atom. The number of halogens is 3. The summed E-state index contributed by atoms with van der Waals surface area (Å²) in [5.74, 6) is 0. The van der Waals surface area contributed by atoms with Crippen molar-refractivity contribution in [3.63, 3.8) is 0 Å². The fourth-order valence-corrected chi connectivity index (χ4v) is 0.204. The normalized spacial score (nSPS) is 7.67. The van der Waals surface area contributed by atoms with Crippen LogP contribution in [0, 0.1) is 0 Å². The second kappa shape index (κ2) is 11.7. The van der Waals surface area contributed by atoms with Crippen LogP contribution < -0.4 is 0 Å². The van der Waals surface area contributed by atoms with Gasteiger partial charge < -0.3 is 4.74 Å². The molecule has 0 aromatic heterocycles. The summed E-state index contributed by atoms with van der Waals surface area (Å²) in [6.45, 7) is 5.67. The van der Waals surface area contributed by atoms with E-state index in [0.717, 1.165) is 13.2 Å². The lowest BCUT2D eigenvalue weighted by molar-refractivity contribution is 0.162. The molecular weight excluding hydrogens is 181 g/mol. The van der Waals surface area contributed by atoms with E-state index in [-0.39, 0.29) is 0 Å². The second-order valence-corrected chi connectivity index (χ2v) is 3.01. The van der Waals surface area contributed by atoms with Crippen molar-refractivity contribution < 1.29 is 4.74 Å². The number of ether oxygens (including phenoxy) is 1. The molecule has 0 rings (SSSR count). The van der Waals surface area contributed by atoms with Gasteiger partial charge in [0.25, 0.3) is 0 Å². The van der Waals surface area contributed by atoms with E-state index in [9.17, 15) is 0 Å². The van der Waals surface area contributed by atoms with E-state index >= 15 is 0 Å². The molecule has 0 N–H and O–H groups in total. The maximum absolute atomic E-state index is 4.83. The summed E-state index contributed by atoms with van der Waals surface area (Å²) in [4.78, 5) is -0.750. The predicted molar refractivity (Wildman–Crippen MR) is 45.5 cm³/mol. The molecule has 9 heavy (non-hydrogen) atoms. The first-order valence-corrected chi connectivity index (χ1v) is 3.96. The average molecular weight is 191 g/mol. The minimum absolute atomic E-state index is 0.750. The van der Waals surface area contributed by atoms with Gasteiger partial charge in [-0.25, -0.2) is 0 Å². The molecule has 5 heteroatoms. The summed E-state index contributed by atoms with van der Waals surface area (Å²) in [5, 5.41) is 0. The Hall–Kier alpha value is 0.895. The van der Waals surface area contributed by atoms with Gasteiger partial charge in [0, 0.05) is 13.2 Å². The molecule has 1 nitrogen and oxygen atoms in total. The van der Waals surface area contributed by atoms with E-state index in [4.69, 9.17) is 39.1 Å². The average Bonchev–Trinajstić information content (AvgIpc) is 1.66. The van der Waals surface area contributed by atoms with Gasteiger partial charge in [0.2, 0.25) is 0 Å². The maximum Gasteiger partial charge on any atom is 0.450 e. The van der Waals surface area contributed by atoms with Crippen LogP contribution in [0.3, 0.4) is 0 Å². The molecule has 0 fully saturated rings. The van der Waals surface area contributed by atoms with Crippen molar-refractivity contribution in [3.05, 3.63) is 0 Å². The van der Waals surface area contributed by atoms with Gasteiger partial charge in [-0.05, 0) is 13.8 Å². The Balaban J connectivity index is 0. The molecular formula is C4H10BCl3O. The molecule has 0 saturated heterocycles. The lowest BCUT2D eigenvalue weighted by Crippen LogP contribution is -1.84. The first-order valence-electron chi connectivity index (χ1n) is 2.65. The molecule has 0 aliphatic heterocycles. The second-order valence-electron chi connectivity index (χ2n) is 1.03. The van der Waals surface area contributed by atoms with Crippen LogP contribution in [0.4, 0.5) is 0 Å². The van der Waals surface area contributed by atoms with Crippen LogP contribution in [0.2, 0.25) is 0 Å². The standard InChI is InChI=1S/C4H10O.BCl3/c1-3-5-4-2;2-1(3)4/h3-4H2,1-2H3;. The predicted octanol–water partition coefficient (Wildman–Crippen LogP) is 2.73. The van der Waals surface area contributed by atoms with Crippen molar-refractivity contribution >= 4 is 39.3 Å². The third kappa shape index (κ3) is 50.5. The SMILES string of the molecule is CCOCC.ClB(Cl)Cl. The fourth-order valence-electron chi connectivity index (χ4n) is 0.204. The zero-order chi connectivity index (χ0) is 7.70. The van der Waals surface area contributed by atoms with E-state index < -0.39 is 4.96 Å². The molecule has 0 bridgehead atoms. The van der Waals surface area contributed by atoms with Gasteiger partial charge >= 0.3 is 4.96 Å². The zero-order valence-electron chi connectivity index (χ0n) is 5.53. The quantitative estimate of drug-likeness (QED) is 0.610. The molecule has 0 spiro atoms. The van der Waals surface area contributed by atoms with Crippen LogP contribution in [-0.2, 0) is 4.74 Å². The molecule has 0 radical (unpaired) electrons. The van der Waals surface area contributed by atoms with Gasteiger partial charge in [0.15, 0.2) is 0 Å². The molecule has 0 saturated carbocycles. The van der Waals surface area contributed by atoms with E-state index in [1.807, 2.05) is 13.8 Å². The third-order valence-electron chi connectivity index (χ3n) is 0.408. The highest BCUT2D eigenvalue weighted by molar-refractivity contribution is 7.54. The van der Waals surface area contributed by atoms with Crippen LogP contribution in [0.15, 0.2) is 0 Å². The Bertz CT molecular complexity index is 40.0. The van der Waals surface area contributed by atoms with Crippen molar-refractivity contribution in [2.45, 2.75) is 13.8 Å². The van der Waals surface area contributed by atoms with Gasteiger partial charge in [-0.1, -0.05) is 0 Å². The summed E-state index contributed by atoms with van der Waals surface area (Å²) in [6, 6.07) is 0. The minimum atomic E-state index is -0.750. The summed E-state index contributed by atoms with van der Waals surface area (Å²) in [6.07, 6.45) is 0. The zero-order valence-corrected chi connectivity index (χ0v) is 7.80. The summed E-state index contributed by atoms with van der Waals surface area (Å²) in [5.41, 5.74) is 0. The van der Waals surface area contributed by atoms with Crippen LogP contribution in [0.25, 0.3) is 0 Å². The Morgan fingerprint density at radius 2 is 1.33 bits per heavy atom. The Morgan fingerprint density at radius 3 is 1.33 bits per heavy atom. The molecule has 0 aromatic carbocycles. The van der Waals surface area contributed by atoms with E-state index in [2.05, 4.69) is 0 Å². The highest BCUT2D eigenvalue weighted by Crippen LogP contribution is 1.97. The lowest BCUT2D eigenvalue weighted by atomic mass is 10.7. The van der Waals surface area contributed by atoms with Gasteiger partial charge in [-0.2, -0.15) is 34.4 Å². The van der Waals surface area contributed by atoms with Crippen molar-refractivity contribution in [1.82, 2.24) is 0 Å². The largest absolute Gasteiger partial charge is 0.450 e. The molecule has 0 amide bonds. The molecule has 56 valence electrons. The third-order valence-corrected chi connectivity index (χ3v) is 0.408. The van der Waals surface area contributed by atoms with Crippen molar-refractivity contribution in [1.29, 1.82) is 0 Å². The van der Waals surface area contributed by atoms with Crippen molar-refractivity contribution in [3.8, 4) is 0 Å². The van der Waals surface area contributed by atoms with Crippen LogP contribution >= 0.6 is 34.4 Å². The minimum Gasteiger partial charge on any atom is -0.382 e. The first kappa shape index (κ1) is 12.6. The highest BCUT2D eigenvalue weighted by Gasteiger charge is 1.91. The van der Waals surface area contributed by atoms with Crippen LogP contribution in [0.5, 0.6) is 0 Å². The highest BCUT2D eigenvalue weighted by atomic mass is 35.6. The van der Waals surface area contributed by atoms with Gasteiger partial charge in [-0.15, -0.1) is 0 Å². The Kier molecular flexibility index (Phi) is 16.3. The number of hydrogen-bond acceptors (Lipinski definition) is 1. The lowest BCUT2D eigenvalue weighted by Gasteiger charge is -1.86. The van der Waals surface area contributed by atoms with E-state index in [0.29, 0.717) is 0 Å². The number of rotatable bonds is 2. The van der Waals surface area contributed by atoms with Gasteiger partial charge in [0.05, 0.1) is 0 Å². The van der Waals surface area contributed by atoms with Gasteiger partial charge in [-0.3, -0.25) is 0 Å². The molecule has 0 unspecified atom stereocenters. The van der Waals surface area contributed by atoms with Crippen LogP contribution in [-0.4, -0.2) is 18.2 Å². The Labute approximate surface area is 71.4 Å². The van der Waals surface area contributed by atoms with Gasteiger partial charge in [0.1, 0.15) is 0 Å². The maximum atomic E-state index is 4.83. The molecule has 0 heterocycles. The summed E-state index contributed by atoms with van der Waals surface area (Å²) in [7, 11) is 0. The first-order chi connectivity index (χ1) is 4.15. The fraction of sp³-hybridized carbons (Fsp3) is 1.00. The topological polar surface area (TPSA) is 9.23 Å². The van der Waals surface area contributed by atoms with Crippen molar-refractivity contribution in [2.24, 2.45) is 0 Å². The van der Waals surface area contributed by atoms with E-state index in [1.165, 1.54) is 0 Å². The number of hydrogen-bond donors (Lipinski definition) is 0. The summed E-state index contributed by atoms with van der Waals surface area (Å²) >= 11 is 14.4. The monoisotopic (exact) mass is 190 g/mol. The molecule has 0 aromatic rings. The van der Waals surface area contributed by atoms with Crippen molar-refractivity contribution in [2.75, 3.05) is 13.2 Å².